The van der Waals surface area contributed by atoms with Gasteiger partial charge in [0.2, 0.25) is 0 Å². The number of rotatable bonds is 8. The van der Waals surface area contributed by atoms with Gasteiger partial charge in [-0.2, -0.15) is 0 Å². The summed E-state index contributed by atoms with van der Waals surface area (Å²) in [5, 5.41) is 17.2. The van der Waals surface area contributed by atoms with E-state index in [1.54, 1.807) is 24.3 Å². The second-order valence-corrected chi connectivity index (χ2v) is 6.31. The molecule has 1 fully saturated rings. The van der Waals surface area contributed by atoms with Crippen molar-refractivity contribution >= 4 is 23.6 Å². The summed E-state index contributed by atoms with van der Waals surface area (Å²) >= 11 is 0. The molecule has 142 valence electrons. The van der Waals surface area contributed by atoms with Gasteiger partial charge in [-0.15, -0.1) is 0 Å². The van der Waals surface area contributed by atoms with E-state index < -0.39 is 5.97 Å². The van der Waals surface area contributed by atoms with E-state index in [4.69, 9.17) is 5.11 Å². The SMILES string of the molecule is CCNC(=O)c1ccc(NC(=O)NC2CC(N(CC)CC(=O)O)C2)cc1. The highest BCUT2D eigenvalue weighted by atomic mass is 16.4. The molecule has 0 bridgehead atoms. The molecular weight excluding hydrogens is 336 g/mol. The second kappa shape index (κ2) is 9.19. The van der Waals surface area contributed by atoms with Crippen molar-refractivity contribution in [2.24, 2.45) is 0 Å². The molecule has 26 heavy (non-hydrogen) atoms. The summed E-state index contributed by atoms with van der Waals surface area (Å²) in [6, 6.07) is 6.60. The van der Waals surface area contributed by atoms with Crippen LogP contribution >= 0.6 is 0 Å². The Morgan fingerprint density at radius 1 is 1.15 bits per heavy atom. The van der Waals surface area contributed by atoms with E-state index in [2.05, 4.69) is 16.0 Å². The summed E-state index contributed by atoms with van der Waals surface area (Å²) < 4.78 is 0. The molecule has 1 saturated carbocycles. The van der Waals surface area contributed by atoms with Crippen LogP contribution in [-0.2, 0) is 4.79 Å². The highest BCUT2D eigenvalue weighted by Gasteiger charge is 2.34. The minimum atomic E-state index is -0.836. The van der Waals surface area contributed by atoms with Gasteiger partial charge in [-0.25, -0.2) is 4.79 Å². The molecule has 1 aliphatic carbocycles. The largest absolute Gasteiger partial charge is 0.480 e. The van der Waals surface area contributed by atoms with Gasteiger partial charge < -0.3 is 21.1 Å². The summed E-state index contributed by atoms with van der Waals surface area (Å²) in [6.07, 6.45) is 1.48. The predicted octanol–water partition coefficient (Wildman–Crippen LogP) is 1.50. The Bertz CT molecular complexity index is 641. The van der Waals surface area contributed by atoms with E-state index in [-0.39, 0.29) is 30.6 Å². The summed E-state index contributed by atoms with van der Waals surface area (Å²) in [5.41, 5.74) is 1.14. The van der Waals surface area contributed by atoms with Gasteiger partial charge in [-0.3, -0.25) is 14.5 Å². The molecule has 8 heteroatoms. The highest BCUT2D eigenvalue weighted by molar-refractivity contribution is 5.95. The Morgan fingerprint density at radius 3 is 2.35 bits per heavy atom. The second-order valence-electron chi connectivity index (χ2n) is 6.31. The maximum absolute atomic E-state index is 12.1. The third-order valence-electron chi connectivity index (χ3n) is 4.45. The van der Waals surface area contributed by atoms with Crippen LogP contribution in [0.4, 0.5) is 10.5 Å². The van der Waals surface area contributed by atoms with E-state index in [0.29, 0.717) is 24.3 Å². The van der Waals surface area contributed by atoms with Crippen molar-refractivity contribution in [3.63, 3.8) is 0 Å². The van der Waals surface area contributed by atoms with Crippen molar-refractivity contribution in [1.82, 2.24) is 15.5 Å². The molecule has 0 heterocycles. The van der Waals surface area contributed by atoms with Crippen LogP contribution in [0.1, 0.15) is 37.0 Å². The molecule has 0 aromatic heterocycles. The van der Waals surface area contributed by atoms with Gasteiger partial charge in [0.05, 0.1) is 6.54 Å². The summed E-state index contributed by atoms with van der Waals surface area (Å²) in [7, 11) is 0. The van der Waals surface area contributed by atoms with Gasteiger partial charge in [0, 0.05) is 29.9 Å². The lowest BCUT2D eigenvalue weighted by Crippen LogP contribution is -2.55. The number of carboxylic acid groups (broad SMARTS) is 1. The number of carbonyl (C=O) groups excluding carboxylic acids is 2. The molecule has 4 N–H and O–H groups in total. The minimum absolute atomic E-state index is 0.0258. The number of carboxylic acids is 1. The molecule has 0 saturated heterocycles. The highest BCUT2D eigenvalue weighted by Crippen LogP contribution is 2.25. The normalized spacial score (nSPS) is 18.7. The van der Waals surface area contributed by atoms with Crippen LogP contribution in [0.15, 0.2) is 24.3 Å². The first-order chi connectivity index (χ1) is 12.4. The molecule has 0 aliphatic heterocycles. The van der Waals surface area contributed by atoms with Crippen LogP contribution in [0.3, 0.4) is 0 Å². The zero-order valence-electron chi connectivity index (χ0n) is 15.1. The Balaban J connectivity index is 1.76. The first-order valence-corrected chi connectivity index (χ1v) is 8.84. The number of nitrogens with zero attached hydrogens (tertiary/aromatic N) is 1. The van der Waals surface area contributed by atoms with Crippen molar-refractivity contribution < 1.29 is 19.5 Å². The summed E-state index contributed by atoms with van der Waals surface area (Å²) in [6.45, 7) is 5.04. The predicted molar refractivity (Wildman–Crippen MR) is 98.3 cm³/mol. The number of benzene rings is 1. The third-order valence-corrected chi connectivity index (χ3v) is 4.45. The standard InChI is InChI=1S/C18H26N4O4/c1-3-19-17(25)12-5-7-13(8-6-12)20-18(26)21-14-9-15(10-14)22(4-2)11-16(23)24/h5-8,14-15H,3-4,9-11H2,1-2H3,(H,19,25)(H,23,24)(H2,20,21,26). The Hall–Kier alpha value is -2.61. The third kappa shape index (κ3) is 5.45. The van der Waals surface area contributed by atoms with E-state index in [1.807, 2.05) is 18.7 Å². The first-order valence-electron chi connectivity index (χ1n) is 8.84. The van der Waals surface area contributed by atoms with Crippen molar-refractivity contribution in [3.05, 3.63) is 29.8 Å². The number of nitrogens with one attached hydrogen (secondary N) is 3. The topological polar surface area (TPSA) is 111 Å². The molecule has 3 amide bonds. The maximum atomic E-state index is 12.1. The number of amides is 3. The molecule has 8 nitrogen and oxygen atoms in total. The van der Waals surface area contributed by atoms with Crippen molar-refractivity contribution in [2.75, 3.05) is 25.0 Å². The fourth-order valence-electron chi connectivity index (χ4n) is 3.00. The number of aliphatic carboxylic acids is 1. The quantitative estimate of drug-likeness (QED) is 0.560. The summed E-state index contributed by atoms with van der Waals surface area (Å²) in [4.78, 5) is 36.5. The van der Waals surface area contributed by atoms with Crippen LogP contribution in [0.25, 0.3) is 0 Å². The number of anilines is 1. The van der Waals surface area contributed by atoms with Crippen LogP contribution in [0.5, 0.6) is 0 Å². The molecule has 0 atom stereocenters. The zero-order valence-corrected chi connectivity index (χ0v) is 15.1. The number of carbonyl (C=O) groups is 3. The van der Waals surface area contributed by atoms with Crippen LogP contribution in [0.2, 0.25) is 0 Å². The van der Waals surface area contributed by atoms with Crippen LogP contribution in [-0.4, -0.2) is 59.6 Å². The number of urea groups is 1. The van der Waals surface area contributed by atoms with Gasteiger partial charge in [-0.1, -0.05) is 6.92 Å². The number of hydrogen-bond donors (Lipinski definition) is 4. The smallest absolute Gasteiger partial charge is 0.319 e. The lowest BCUT2D eigenvalue weighted by atomic mass is 9.85. The molecule has 0 radical (unpaired) electrons. The lowest BCUT2D eigenvalue weighted by molar-refractivity contribution is -0.139. The molecule has 1 aliphatic rings. The van der Waals surface area contributed by atoms with Gasteiger partial charge in [0.1, 0.15) is 0 Å². The Labute approximate surface area is 152 Å². The fourth-order valence-corrected chi connectivity index (χ4v) is 3.00. The van der Waals surface area contributed by atoms with Gasteiger partial charge in [-0.05, 0) is 50.6 Å². The van der Waals surface area contributed by atoms with Gasteiger partial charge >= 0.3 is 12.0 Å². The zero-order chi connectivity index (χ0) is 19.1. The lowest BCUT2D eigenvalue weighted by Gasteiger charge is -2.42. The average molecular weight is 362 g/mol. The van der Waals surface area contributed by atoms with Gasteiger partial charge in [0.25, 0.3) is 5.91 Å². The Morgan fingerprint density at radius 2 is 1.81 bits per heavy atom. The average Bonchev–Trinajstić information content (AvgIpc) is 2.56. The van der Waals surface area contributed by atoms with E-state index in [9.17, 15) is 14.4 Å². The van der Waals surface area contributed by atoms with Gasteiger partial charge in [0.15, 0.2) is 0 Å². The molecular formula is C18H26N4O4. The first kappa shape index (κ1) is 19.7. The maximum Gasteiger partial charge on any atom is 0.319 e. The molecule has 1 aromatic rings. The minimum Gasteiger partial charge on any atom is -0.480 e. The van der Waals surface area contributed by atoms with E-state index in [0.717, 1.165) is 12.8 Å². The molecule has 2 rings (SSSR count). The molecule has 0 spiro atoms. The molecule has 1 aromatic carbocycles. The van der Waals surface area contributed by atoms with Crippen molar-refractivity contribution in [2.45, 2.75) is 38.8 Å². The Kier molecular flexibility index (Phi) is 6.97. The van der Waals surface area contributed by atoms with Crippen LogP contribution < -0.4 is 16.0 Å². The monoisotopic (exact) mass is 362 g/mol. The number of likely N-dealkylation sites (N-methyl/N-ethyl adjacent to an activating group) is 1. The van der Waals surface area contributed by atoms with Crippen molar-refractivity contribution in [3.8, 4) is 0 Å². The van der Waals surface area contributed by atoms with E-state index in [1.165, 1.54) is 0 Å². The molecule has 0 unspecified atom stereocenters. The fraction of sp³-hybridized carbons (Fsp3) is 0.500. The van der Waals surface area contributed by atoms with Crippen molar-refractivity contribution in [1.29, 1.82) is 0 Å². The summed E-state index contributed by atoms with van der Waals surface area (Å²) in [5.74, 6) is -0.983. The van der Waals surface area contributed by atoms with E-state index >= 15 is 0 Å². The van der Waals surface area contributed by atoms with Crippen LogP contribution in [0, 0.1) is 0 Å². The number of hydrogen-bond acceptors (Lipinski definition) is 4.